The lowest BCUT2D eigenvalue weighted by Crippen LogP contribution is -2.28. The smallest absolute Gasteiger partial charge is 0.251 e. The van der Waals surface area contributed by atoms with Crippen molar-refractivity contribution in [2.24, 2.45) is 5.92 Å². The van der Waals surface area contributed by atoms with Crippen LogP contribution in [0, 0.1) is 5.92 Å². The van der Waals surface area contributed by atoms with Crippen molar-refractivity contribution in [3.63, 3.8) is 0 Å². The Labute approximate surface area is 80.0 Å². The number of allylic oxidation sites excluding steroid dienone is 2. The molecule has 13 heavy (non-hydrogen) atoms. The van der Waals surface area contributed by atoms with E-state index < -0.39 is 0 Å². The maximum absolute atomic E-state index is 11.4. The van der Waals surface area contributed by atoms with Crippen molar-refractivity contribution in [2.75, 3.05) is 6.54 Å². The highest BCUT2D eigenvalue weighted by atomic mass is 16.1. The third-order valence-corrected chi connectivity index (χ3v) is 1.45. The summed E-state index contributed by atoms with van der Waals surface area (Å²) in [5.74, 6) is 0.363. The molecule has 0 unspecified atom stereocenters. The van der Waals surface area contributed by atoms with Crippen LogP contribution in [0.4, 0.5) is 0 Å². The molecule has 0 aromatic heterocycles. The van der Waals surface area contributed by atoms with Crippen LogP contribution in [0.2, 0.25) is 0 Å². The molecule has 0 rings (SSSR count). The third kappa shape index (κ3) is 5.01. The van der Waals surface area contributed by atoms with Crippen molar-refractivity contribution >= 4 is 5.91 Å². The van der Waals surface area contributed by atoms with E-state index in [4.69, 9.17) is 0 Å². The minimum absolute atomic E-state index is 0.0939. The number of nitrogens with one attached hydrogen (secondary N) is 1. The Kier molecular flexibility index (Phi) is 5.60. The normalized spacial score (nSPS) is 11.2. The summed E-state index contributed by atoms with van der Waals surface area (Å²) in [5, 5.41) is 2.79. The zero-order valence-corrected chi connectivity index (χ0v) is 8.34. The minimum Gasteiger partial charge on any atom is -0.352 e. The molecule has 0 aliphatic rings. The van der Waals surface area contributed by atoms with E-state index in [0.29, 0.717) is 18.0 Å². The van der Waals surface area contributed by atoms with Crippen molar-refractivity contribution in [3.8, 4) is 0 Å². The largest absolute Gasteiger partial charge is 0.352 e. The van der Waals surface area contributed by atoms with Crippen LogP contribution < -0.4 is 5.32 Å². The van der Waals surface area contributed by atoms with Crippen LogP contribution in [0.15, 0.2) is 37.0 Å². The quantitative estimate of drug-likeness (QED) is 0.508. The maximum Gasteiger partial charge on any atom is 0.251 e. The van der Waals surface area contributed by atoms with Gasteiger partial charge < -0.3 is 5.32 Å². The van der Waals surface area contributed by atoms with Gasteiger partial charge in [-0.25, -0.2) is 0 Å². The van der Waals surface area contributed by atoms with Crippen molar-refractivity contribution < 1.29 is 4.79 Å². The van der Waals surface area contributed by atoms with Gasteiger partial charge in [-0.05, 0) is 5.92 Å². The third-order valence-electron chi connectivity index (χ3n) is 1.45. The lowest BCUT2D eigenvalue weighted by molar-refractivity contribution is -0.117. The zero-order chi connectivity index (χ0) is 10.3. The van der Waals surface area contributed by atoms with E-state index in [1.54, 1.807) is 12.2 Å². The zero-order valence-electron chi connectivity index (χ0n) is 8.34. The van der Waals surface area contributed by atoms with Gasteiger partial charge in [0.15, 0.2) is 0 Å². The van der Waals surface area contributed by atoms with E-state index in [1.807, 2.05) is 13.8 Å². The van der Waals surface area contributed by atoms with Crippen LogP contribution in [-0.4, -0.2) is 12.5 Å². The summed E-state index contributed by atoms with van der Waals surface area (Å²) in [6, 6.07) is 0. The summed E-state index contributed by atoms with van der Waals surface area (Å²) in [6.45, 7) is 11.8. The van der Waals surface area contributed by atoms with E-state index in [1.165, 1.54) is 6.08 Å². The highest BCUT2D eigenvalue weighted by molar-refractivity contribution is 5.96. The van der Waals surface area contributed by atoms with Gasteiger partial charge >= 0.3 is 0 Å². The fourth-order valence-corrected chi connectivity index (χ4v) is 0.762. The highest BCUT2D eigenvalue weighted by Crippen LogP contribution is 1.97. The van der Waals surface area contributed by atoms with Crippen LogP contribution in [0.1, 0.15) is 13.8 Å². The van der Waals surface area contributed by atoms with Crippen molar-refractivity contribution in [1.29, 1.82) is 0 Å². The molecule has 0 saturated carbocycles. The molecule has 2 nitrogen and oxygen atoms in total. The number of hydrogen-bond donors (Lipinski definition) is 1. The predicted octanol–water partition coefficient (Wildman–Crippen LogP) is 2.06. The molecule has 0 spiro atoms. The molecule has 0 bridgehead atoms. The first-order valence-electron chi connectivity index (χ1n) is 4.35. The van der Waals surface area contributed by atoms with Crippen LogP contribution in [0.5, 0.6) is 0 Å². The van der Waals surface area contributed by atoms with E-state index in [9.17, 15) is 4.79 Å². The van der Waals surface area contributed by atoms with Crippen LogP contribution in [0.3, 0.4) is 0 Å². The number of carbonyl (C=O) groups excluding carboxylic acids is 1. The van der Waals surface area contributed by atoms with E-state index in [0.717, 1.165) is 0 Å². The second kappa shape index (κ2) is 6.23. The number of rotatable bonds is 5. The van der Waals surface area contributed by atoms with Crippen molar-refractivity contribution in [3.05, 3.63) is 37.0 Å². The lowest BCUT2D eigenvalue weighted by atomic mass is 10.2. The summed E-state index contributed by atoms with van der Waals surface area (Å²) in [5.41, 5.74) is 0.552. The molecule has 0 aliphatic carbocycles. The Bertz CT molecular complexity index is 226. The maximum atomic E-state index is 11.4. The predicted molar refractivity (Wildman–Crippen MR) is 56.3 cm³/mol. The molecule has 0 fully saturated rings. The number of amides is 1. The average molecular weight is 179 g/mol. The topological polar surface area (TPSA) is 29.1 Å². The van der Waals surface area contributed by atoms with Gasteiger partial charge in [-0.15, -0.1) is 0 Å². The molecule has 2 heteroatoms. The van der Waals surface area contributed by atoms with Gasteiger partial charge in [0.2, 0.25) is 0 Å². The van der Waals surface area contributed by atoms with Gasteiger partial charge in [0.05, 0.1) is 0 Å². The number of hydrogen-bond acceptors (Lipinski definition) is 1. The van der Waals surface area contributed by atoms with Gasteiger partial charge in [0, 0.05) is 12.1 Å². The number of carbonyl (C=O) groups is 1. The summed E-state index contributed by atoms with van der Waals surface area (Å²) in [7, 11) is 0. The Morgan fingerprint density at radius 3 is 2.46 bits per heavy atom. The lowest BCUT2D eigenvalue weighted by Gasteiger charge is -2.07. The van der Waals surface area contributed by atoms with Crippen LogP contribution in [0.25, 0.3) is 0 Å². The van der Waals surface area contributed by atoms with Crippen LogP contribution in [-0.2, 0) is 4.79 Å². The molecular weight excluding hydrogens is 162 g/mol. The second-order valence-electron chi connectivity index (χ2n) is 3.17. The first-order valence-corrected chi connectivity index (χ1v) is 4.35. The van der Waals surface area contributed by atoms with Crippen molar-refractivity contribution in [2.45, 2.75) is 13.8 Å². The summed E-state index contributed by atoms with van der Waals surface area (Å²) >= 11 is 0. The molecule has 0 atom stereocenters. The Hall–Kier alpha value is -1.31. The Morgan fingerprint density at radius 1 is 1.46 bits per heavy atom. The molecular formula is C11H17NO. The standard InChI is InChI=1S/C11H17NO/c1-5-7-10(6-2)11(13)12-8-9(3)4/h5-7,9H,1-2,8H2,3-4H3,(H,12,13)/b10-7+. The molecule has 0 saturated heterocycles. The summed E-state index contributed by atoms with van der Waals surface area (Å²) in [4.78, 5) is 11.4. The van der Waals surface area contributed by atoms with E-state index in [2.05, 4.69) is 18.5 Å². The van der Waals surface area contributed by atoms with Crippen molar-refractivity contribution in [1.82, 2.24) is 5.32 Å². The van der Waals surface area contributed by atoms with E-state index in [-0.39, 0.29) is 5.91 Å². The van der Waals surface area contributed by atoms with Gasteiger partial charge in [-0.2, -0.15) is 0 Å². The molecule has 1 amide bonds. The fraction of sp³-hybridized carbons (Fsp3) is 0.364. The Morgan fingerprint density at radius 2 is 2.08 bits per heavy atom. The van der Waals surface area contributed by atoms with Gasteiger partial charge in [0.1, 0.15) is 0 Å². The first kappa shape index (κ1) is 11.7. The second-order valence-corrected chi connectivity index (χ2v) is 3.17. The molecule has 0 heterocycles. The first-order chi connectivity index (χ1) is 6.11. The summed E-state index contributed by atoms with van der Waals surface area (Å²) < 4.78 is 0. The van der Waals surface area contributed by atoms with Gasteiger partial charge in [0.25, 0.3) is 5.91 Å². The minimum atomic E-state index is -0.0939. The molecule has 0 aromatic rings. The van der Waals surface area contributed by atoms with E-state index >= 15 is 0 Å². The highest BCUT2D eigenvalue weighted by Gasteiger charge is 2.04. The summed E-state index contributed by atoms with van der Waals surface area (Å²) in [6.07, 6.45) is 4.74. The molecule has 72 valence electrons. The molecule has 0 aromatic carbocycles. The molecule has 1 N–H and O–H groups in total. The van der Waals surface area contributed by atoms with Gasteiger partial charge in [-0.3, -0.25) is 4.79 Å². The molecule has 0 radical (unpaired) electrons. The fourth-order valence-electron chi connectivity index (χ4n) is 0.762. The SMILES string of the molecule is C=C/C=C(\C=C)C(=O)NCC(C)C. The van der Waals surface area contributed by atoms with Gasteiger partial charge in [-0.1, -0.05) is 45.2 Å². The molecule has 0 aliphatic heterocycles. The Balaban J connectivity index is 4.15. The van der Waals surface area contributed by atoms with Crippen LogP contribution >= 0.6 is 0 Å². The monoisotopic (exact) mass is 179 g/mol. The average Bonchev–Trinajstić information content (AvgIpc) is 2.10.